The molecule has 0 aromatic rings. The Morgan fingerprint density at radius 2 is 2.20 bits per heavy atom. The van der Waals surface area contributed by atoms with Gasteiger partial charge in [-0.05, 0) is 45.8 Å². The van der Waals surface area contributed by atoms with E-state index >= 15 is 0 Å². The molecule has 1 heterocycles. The molecule has 0 spiro atoms. The van der Waals surface area contributed by atoms with Crippen molar-refractivity contribution in [1.82, 2.24) is 5.32 Å². The minimum absolute atomic E-state index is 0.165. The zero-order valence-corrected chi connectivity index (χ0v) is 15.0. The van der Waals surface area contributed by atoms with Crippen LogP contribution in [0, 0.1) is 17.2 Å². The smallest absolute Gasteiger partial charge is 0.407 e. The minimum atomic E-state index is -0.481. The molecule has 1 amide bonds. The van der Waals surface area contributed by atoms with Gasteiger partial charge in [0.05, 0.1) is 12.0 Å². The first-order valence-electron chi connectivity index (χ1n) is 8.52. The number of hydrogen-bond donors (Lipinski definition) is 1. The normalized spacial score (nSPS) is 19.9. The average Bonchev–Trinajstić information content (AvgIpc) is 2.55. The number of nitriles is 1. The second kappa shape index (κ2) is 8.52. The number of nitrogens with one attached hydrogen (secondary N) is 1. The Kier molecular flexibility index (Phi) is 6.40. The number of hydrogen-bond acceptors (Lipinski definition) is 5. The Bertz CT molecular complexity index is 660. The van der Waals surface area contributed by atoms with Gasteiger partial charge in [0, 0.05) is 25.6 Å². The highest BCUT2D eigenvalue weighted by atomic mass is 16.6. The summed E-state index contributed by atoms with van der Waals surface area (Å²) in [5.41, 5.74) is 0.772. The lowest BCUT2D eigenvalue weighted by atomic mass is 10.0. The molecule has 0 aromatic heterocycles. The van der Waals surface area contributed by atoms with E-state index in [1.165, 1.54) is 5.57 Å². The molecule has 6 nitrogen and oxygen atoms in total. The quantitative estimate of drug-likeness (QED) is 0.837. The maximum absolute atomic E-state index is 11.6. The summed E-state index contributed by atoms with van der Waals surface area (Å²) in [5, 5.41) is 11.7. The molecule has 134 valence electrons. The molecule has 1 N–H and O–H groups in total. The Balaban J connectivity index is 1.75. The van der Waals surface area contributed by atoms with Crippen molar-refractivity contribution in [2.75, 3.05) is 6.54 Å². The van der Waals surface area contributed by atoms with E-state index in [1.807, 2.05) is 32.9 Å². The number of alkyl carbamates (subject to hydrolysis) is 1. The fourth-order valence-corrected chi connectivity index (χ4v) is 2.44. The average molecular weight is 343 g/mol. The van der Waals surface area contributed by atoms with Crippen molar-refractivity contribution in [3.63, 3.8) is 0 Å². The molecule has 1 aliphatic carbocycles. The highest BCUT2D eigenvalue weighted by molar-refractivity contribution is 5.79. The van der Waals surface area contributed by atoms with Gasteiger partial charge in [0.1, 0.15) is 11.4 Å². The van der Waals surface area contributed by atoms with Crippen LogP contribution in [-0.4, -0.2) is 24.1 Å². The number of nitrogens with zero attached hydrogens (tertiary/aromatic N) is 2. The lowest BCUT2D eigenvalue weighted by Gasteiger charge is -2.20. The molecular formula is C19H25N3O3. The monoisotopic (exact) mass is 343 g/mol. The summed E-state index contributed by atoms with van der Waals surface area (Å²) >= 11 is 0. The van der Waals surface area contributed by atoms with Crippen molar-refractivity contribution in [2.45, 2.75) is 52.1 Å². The van der Waals surface area contributed by atoms with E-state index in [1.54, 1.807) is 12.3 Å². The molecular weight excluding hydrogens is 318 g/mol. The van der Waals surface area contributed by atoms with Crippen LogP contribution >= 0.6 is 0 Å². The number of allylic oxidation sites excluding steroid dienone is 4. The molecule has 0 radical (unpaired) electrons. The number of aliphatic imine (C=N–C) groups is 1. The lowest BCUT2D eigenvalue weighted by Crippen LogP contribution is -2.33. The molecule has 25 heavy (non-hydrogen) atoms. The van der Waals surface area contributed by atoms with Gasteiger partial charge in [-0.1, -0.05) is 11.6 Å². The van der Waals surface area contributed by atoms with Crippen LogP contribution in [0.2, 0.25) is 0 Å². The van der Waals surface area contributed by atoms with Crippen LogP contribution in [0.3, 0.4) is 0 Å². The van der Waals surface area contributed by atoms with Crippen LogP contribution in [-0.2, 0) is 9.47 Å². The third-order valence-electron chi connectivity index (χ3n) is 3.66. The standard InChI is InChI=1S/C19H25N3O3/c1-19(2,3)25-18(23)22-11-8-14-4-6-16(7-5-14)24-17-12-15(13-20)9-10-21-17/h4,6,9-10,15H,5,7-8,11-12H2,1-3H3,(H,22,23). The van der Waals surface area contributed by atoms with E-state index in [0.717, 1.165) is 25.0 Å². The number of ether oxygens (including phenoxy) is 2. The third-order valence-corrected chi connectivity index (χ3v) is 3.66. The molecule has 0 fully saturated rings. The fraction of sp³-hybridized carbons (Fsp3) is 0.526. The highest BCUT2D eigenvalue weighted by Gasteiger charge is 2.17. The molecule has 6 heteroatoms. The van der Waals surface area contributed by atoms with Gasteiger partial charge >= 0.3 is 6.09 Å². The second-order valence-corrected chi connectivity index (χ2v) is 7.04. The van der Waals surface area contributed by atoms with Gasteiger partial charge < -0.3 is 14.8 Å². The van der Waals surface area contributed by atoms with Crippen LogP contribution in [0.15, 0.2) is 40.8 Å². The number of carbonyl (C=O) groups excluding carboxylic acids is 1. The van der Waals surface area contributed by atoms with E-state index in [4.69, 9.17) is 14.7 Å². The predicted octanol–water partition coefficient (Wildman–Crippen LogP) is 3.98. The largest absolute Gasteiger partial charge is 0.447 e. The summed E-state index contributed by atoms with van der Waals surface area (Å²) in [6.45, 7) is 6.07. The van der Waals surface area contributed by atoms with Crippen molar-refractivity contribution in [3.8, 4) is 6.07 Å². The fourth-order valence-electron chi connectivity index (χ4n) is 2.44. The van der Waals surface area contributed by atoms with E-state index in [2.05, 4.69) is 16.4 Å². The number of amides is 1. The summed E-state index contributed by atoms with van der Waals surface area (Å²) in [6, 6.07) is 2.20. The van der Waals surface area contributed by atoms with Crippen molar-refractivity contribution in [3.05, 3.63) is 35.8 Å². The summed E-state index contributed by atoms with van der Waals surface area (Å²) in [6.07, 6.45) is 9.94. The lowest BCUT2D eigenvalue weighted by molar-refractivity contribution is 0.0528. The predicted molar refractivity (Wildman–Crippen MR) is 95.6 cm³/mol. The molecule has 2 aliphatic rings. The van der Waals surface area contributed by atoms with E-state index in [9.17, 15) is 4.79 Å². The Morgan fingerprint density at radius 3 is 2.84 bits per heavy atom. The van der Waals surface area contributed by atoms with E-state index < -0.39 is 5.60 Å². The molecule has 2 rings (SSSR count). The summed E-state index contributed by atoms with van der Waals surface area (Å²) in [7, 11) is 0. The van der Waals surface area contributed by atoms with Gasteiger partial charge in [0.25, 0.3) is 0 Å². The Labute approximate surface area is 148 Å². The number of rotatable bonds is 4. The zero-order valence-electron chi connectivity index (χ0n) is 15.0. The summed E-state index contributed by atoms with van der Waals surface area (Å²) in [4.78, 5) is 15.8. The Morgan fingerprint density at radius 1 is 1.40 bits per heavy atom. The summed E-state index contributed by atoms with van der Waals surface area (Å²) < 4.78 is 11.0. The zero-order chi connectivity index (χ0) is 18.3. The highest BCUT2D eigenvalue weighted by Crippen LogP contribution is 2.23. The van der Waals surface area contributed by atoms with Crippen molar-refractivity contribution in [1.29, 1.82) is 5.26 Å². The van der Waals surface area contributed by atoms with Gasteiger partial charge in [-0.25, -0.2) is 9.79 Å². The first kappa shape index (κ1) is 18.8. The van der Waals surface area contributed by atoms with Crippen LogP contribution in [0.1, 0.15) is 46.5 Å². The van der Waals surface area contributed by atoms with Crippen LogP contribution < -0.4 is 5.32 Å². The van der Waals surface area contributed by atoms with E-state index in [-0.39, 0.29) is 12.0 Å². The SMILES string of the molecule is CC(C)(C)OC(=O)NCCC1=CC=C(OC2=NC=CC(C#N)C2)CC1. The van der Waals surface area contributed by atoms with Gasteiger partial charge in [0.15, 0.2) is 5.90 Å². The first-order valence-corrected chi connectivity index (χ1v) is 8.52. The molecule has 0 saturated carbocycles. The molecule has 0 saturated heterocycles. The maximum Gasteiger partial charge on any atom is 0.407 e. The first-order chi connectivity index (χ1) is 11.9. The molecule has 0 bridgehead atoms. The number of carbonyl (C=O) groups is 1. The van der Waals surface area contributed by atoms with Crippen molar-refractivity contribution in [2.24, 2.45) is 10.9 Å². The molecule has 1 atom stereocenters. The van der Waals surface area contributed by atoms with Crippen LogP contribution in [0.5, 0.6) is 0 Å². The van der Waals surface area contributed by atoms with Crippen molar-refractivity contribution >= 4 is 12.0 Å². The molecule has 0 aromatic carbocycles. The molecule has 1 unspecified atom stereocenters. The van der Waals surface area contributed by atoms with Crippen LogP contribution in [0.25, 0.3) is 0 Å². The maximum atomic E-state index is 11.6. The van der Waals surface area contributed by atoms with E-state index in [0.29, 0.717) is 18.9 Å². The Hall–Kier alpha value is -2.55. The van der Waals surface area contributed by atoms with Gasteiger partial charge in [0.2, 0.25) is 0 Å². The minimum Gasteiger partial charge on any atom is -0.447 e. The van der Waals surface area contributed by atoms with Crippen molar-refractivity contribution < 1.29 is 14.3 Å². The second-order valence-electron chi connectivity index (χ2n) is 7.04. The molecule has 1 aliphatic heterocycles. The third kappa shape index (κ3) is 6.84. The topological polar surface area (TPSA) is 83.7 Å². The van der Waals surface area contributed by atoms with Gasteiger partial charge in [-0.2, -0.15) is 5.26 Å². The van der Waals surface area contributed by atoms with Gasteiger partial charge in [-0.15, -0.1) is 0 Å². The summed E-state index contributed by atoms with van der Waals surface area (Å²) in [5.74, 6) is 1.28. The van der Waals surface area contributed by atoms with Gasteiger partial charge in [-0.3, -0.25) is 0 Å². The van der Waals surface area contributed by atoms with Crippen LogP contribution in [0.4, 0.5) is 4.79 Å².